The van der Waals surface area contributed by atoms with Crippen LogP contribution in [0.1, 0.15) is 31.5 Å². The third kappa shape index (κ3) is 4.42. The summed E-state index contributed by atoms with van der Waals surface area (Å²) >= 11 is 0. The molecule has 0 spiro atoms. The number of hydrogen-bond acceptors (Lipinski definition) is 3. The second-order valence-corrected chi connectivity index (χ2v) is 4.45. The smallest absolute Gasteiger partial charge is 0.223 e. The fourth-order valence-electron chi connectivity index (χ4n) is 2.00. The predicted octanol–water partition coefficient (Wildman–Crippen LogP) is 1.24. The van der Waals surface area contributed by atoms with Crippen LogP contribution in [0.2, 0.25) is 0 Å². The molecule has 1 aromatic rings. The molecule has 1 rings (SSSR count). The number of carbonyl (C=O) groups is 1. The van der Waals surface area contributed by atoms with Crippen LogP contribution in [0.3, 0.4) is 0 Å². The van der Waals surface area contributed by atoms with Crippen molar-refractivity contribution in [2.45, 2.75) is 26.8 Å². The maximum absolute atomic E-state index is 11.8. The summed E-state index contributed by atoms with van der Waals surface area (Å²) in [4.78, 5) is 13.6. The second-order valence-electron chi connectivity index (χ2n) is 4.45. The van der Waals surface area contributed by atoms with E-state index in [1.54, 1.807) is 4.57 Å². The molecule has 0 aliphatic rings. The minimum Gasteiger partial charge on any atom is -0.343 e. The van der Waals surface area contributed by atoms with Gasteiger partial charge in [-0.1, -0.05) is 0 Å². The first-order chi connectivity index (χ1) is 9.12. The number of aryl methyl sites for hydroxylation is 1. The Morgan fingerprint density at radius 2 is 2.16 bits per heavy atom. The van der Waals surface area contributed by atoms with Crippen LogP contribution >= 0.6 is 0 Å². The second kappa shape index (κ2) is 7.59. The first-order valence-corrected chi connectivity index (χ1v) is 6.66. The number of amides is 1. The van der Waals surface area contributed by atoms with Crippen molar-refractivity contribution in [2.24, 2.45) is 7.05 Å². The van der Waals surface area contributed by atoms with Gasteiger partial charge in [0.05, 0.1) is 0 Å². The topological polar surface area (TPSA) is 61.1 Å². The lowest BCUT2D eigenvalue weighted by Crippen LogP contribution is -2.32. The summed E-state index contributed by atoms with van der Waals surface area (Å²) in [6.45, 7) is 6.84. The van der Waals surface area contributed by atoms with Crippen LogP contribution < -0.4 is 5.32 Å². The largest absolute Gasteiger partial charge is 0.343 e. The number of carbonyl (C=O) groups excluding carboxylic acids is 1. The van der Waals surface area contributed by atoms with Crippen molar-refractivity contribution in [1.29, 1.82) is 5.26 Å². The molecular formula is C14H22N4O. The molecule has 0 aliphatic carbocycles. The normalized spacial score (nSPS) is 10.2. The summed E-state index contributed by atoms with van der Waals surface area (Å²) in [5.41, 5.74) is 1.71. The number of nitrogens with zero attached hydrogens (tertiary/aromatic N) is 3. The average Bonchev–Trinajstić information content (AvgIpc) is 2.76. The number of nitrogens with one attached hydrogen (secondary N) is 1. The van der Waals surface area contributed by atoms with E-state index in [1.807, 2.05) is 38.1 Å². The average molecular weight is 262 g/mol. The highest BCUT2D eigenvalue weighted by molar-refractivity contribution is 5.76. The van der Waals surface area contributed by atoms with Crippen molar-refractivity contribution in [3.8, 4) is 6.07 Å². The molecule has 1 N–H and O–H groups in total. The first kappa shape index (κ1) is 15.3. The van der Waals surface area contributed by atoms with Gasteiger partial charge >= 0.3 is 0 Å². The van der Waals surface area contributed by atoms with Crippen molar-refractivity contribution in [2.75, 3.05) is 19.6 Å². The molecule has 0 saturated carbocycles. The molecule has 5 nitrogen and oxygen atoms in total. The van der Waals surface area contributed by atoms with E-state index in [1.165, 1.54) is 0 Å². The summed E-state index contributed by atoms with van der Waals surface area (Å²) in [5.74, 6) is 0.184. The lowest BCUT2D eigenvalue weighted by atomic mass is 10.3. The molecule has 5 heteroatoms. The lowest BCUT2D eigenvalue weighted by Gasteiger charge is -2.18. The fraction of sp³-hybridized carbons (Fsp3) is 0.571. The van der Waals surface area contributed by atoms with E-state index in [4.69, 9.17) is 5.26 Å². The molecule has 0 atom stereocenters. The van der Waals surface area contributed by atoms with Gasteiger partial charge < -0.3 is 14.8 Å². The highest BCUT2D eigenvalue weighted by atomic mass is 16.2. The molecule has 1 aromatic heterocycles. The SMILES string of the molecule is CCN(CC)C(=O)CCNCc1cc(C#N)n(C)c1. The molecular weight excluding hydrogens is 240 g/mol. The molecule has 0 aliphatic heterocycles. The Balaban J connectivity index is 2.31. The molecule has 1 heterocycles. The van der Waals surface area contributed by atoms with E-state index >= 15 is 0 Å². The van der Waals surface area contributed by atoms with Gasteiger partial charge in [-0.25, -0.2) is 0 Å². The molecule has 0 radical (unpaired) electrons. The van der Waals surface area contributed by atoms with Crippen LogP contribution in [0.5, 0.6) is 0 Å². The molecule has 0 unspecified atom stereocenters. The highest BCUT2D eigenvalue weighted by Crippen LogP contribution is 2.05. The van der Waals surface area contributed by atoms with Gasteiger partial charge in [-0.2, -0.15) is 5.26 Å². The first-order valence-electron chi connectivity index (χ1n) is 6.66. The lowest BCUT2D eigenvalue weighted by molar-refractivity contribution is -0.130. The predicted molar refractivity (Wildman–Crippen MR) is 74.4 cm³/mol. The van der Waals surface area contributed by atoms with Crippen LogP contribution in [0.25, 0.3) is 0 Å². The van der Waals surface area contributed by atoms with Crippen molar-refractivity contribution in [3.63, 3.8) is 0 Å². The molecule has 0 saturated heterocycles. The van der Waals surface area contributed by atoms with E-state index in [-0.39, 0.29) is 5.91 Å². The van der Waals surface area contributed by atoms with E-state index in [0.29, 0.717) is 25.2 Å². The van der Waals surface area contributed by atoms with E-state index < -0.39 is 0 Å². The number of aromatic nitrogens is 1. The molecule has 1 amide bonds. The fourth-order valence-corrected chi connectivity index (χ4v) is 2.00. The monoisotopic (exact) mass is 262 g/mol. The number of rotatable bonds is 7. The zero-order valence-corrected chi connectivity index (χ0v) is 11.9. The molecule has 0 aromatic carbocycles. The summed E-state index contributed by atoms with van der Waals surface area (Å²) < 4.78 is 1.80. The molecule has 0 bridgehead atoms. The minimum absolute atomic E-state index is 0.184. The van der Waals surface area contributed by atoms with E-state index in [2.05, 4.69) is 11.4 Å². The Kier molecular flexibility index (Phi) is 6.10. The van der Waals surface area contributed by atoms with Gasteiger partial charge in [-0.05, 0) is 25.5 Å². The Bertz CT molecular complexity index is 455. The molecule has 0 fully saturated rings. The third-order valence-electron chi connectivity index (χ3n) is 3.14. The van der Waals surface area contributed by atoms with E-state index in [9.17, 15) is 4.79 Å². The van der Waals surface area contributed by atoms with E-state index in [0.717, 1.165) is 18.7 Å². The van der Waals surface area contributed by atoms with Crippen molar-refractivity contribution < 1.29 is 4.79 Å². The zero-order valence-electron chi connectivity index (χ0n) is 11.9. The Hall–Kier alpha value is -1.80. The number of nitriles is 1. The Morgan fingerprint density at radius 3 is 2.68 bits per heavy atom. The summed E-state index contributed by atoms with van der Waals surface area (Å²) in [6.07, 6.45) is 2.44. The maximum atomic E-state index is 11.8. The van der Waals surface area contributed by atoms with Crippen molar-refractivity contribution >= 4 is 5.91 Å². The van der Waals surface area contributed by atoms with Crippen LogP contribution in [0.15, 0.2) is 12.3 Å². The number of hydrogen-bond donors (Lipinski definition) is 1. The standard InChI is InChI=1S/C14H22N4O/c1-4-18(5-2)14(19)6-7-16-10-12-8-13(9-15)17(3)11-12/h8,11,16H,4-7,10H2,1-3H3. The van der Waals surface area contributed by atoms with Crippen LogP contribution in [-0.2, 0) is 18.4 Å². The van der Waals surface area contributed by atoms with Gasteiger partial charge in [0.15, 0.2) is 0 Å². The van der Waals surface area contributed by atoms with Gasteiger partial charge in [0, 0.05) is 45.8 Å². The molecule has 104 valence electrons. The minimum atomic E-state index is 0.184. The van der Waals surface area contributed by atoms with Crippen molar-refractivity contribution in [1.82, 2.24) is 14.8 Å². The van der Waals surface area contributed by atoms with Gasteiger partial charge in [-0.15, -0.1) is 0 Å². The van der Waals surface area contributed by atoms with Crippen LogP contribution in [0, 0.1) is 11.3 Å². The summed E-state index contributed by atoms with van der Waals surface area (Å²) in [6, 6.07) is 3.99. The summed E-state index contributed by atoms with van der Waals surface area (Å²) in [5, 5.41) is 12.1. The highest BCUT2D eigenvalue weighted by Gasteiger charge is 2.08. The quantitative estimate of drug-likeness (QED) is 0.752. The van der Waals surface area contributed by atoms with Crippen molar-refractivity contribution in [3.05, 3.63) is 23.5 Å². The van der Waals surface area contributed by atoms with Gasteiger partial charge in [0.1, 0.15) is 11.8 Å². The van der Waals surface area contributed by atoms with Crippen LogP contribution in [-0.4, -0.2) is 35.0 Å². The molecule has 19 heavy (non-hydrogen) atoms. The maximum Gasteiger partial charge on any atom is 0.223 e. The van der Waals surface area contributed by atoms with Crippen LogP contribution in [0.4, 0.5) is 0 Å². The Labute approximate surface area is 114 Å². The van der Waals surface area contributed by atoms with Gasteiger partial charge in [0.2, 0.25) is 5.91 Å². The van der Waals surface area contributed by atoms with Gasteiger partial charge in [-0.3, -0.25) is 4.79 Å². The zero-order chi connectivity index (χ0) is 14.3. The van der Waals surface area contributed by atoms with Gasteiger partial charge in [0.25, 0.3) is 0 Å². The summed E-state index contributed by atoms with van der Waals surface area (Å²) in [7, 11) is 1.85. The Morgan fingerprint density at radius 1 is 1.47 bits per heavy atom. The third-order valence-corrected chi connectivity index (χ3v) is 3.14.